The molecule has 0 radical (unpaired) electrons. The first-order valence-electron chi connectivity index (χ1n) is 15.1. The van der Waals surface area contributed by atoms with Crippen LogP contribution in [-0.4, -0.2) is 50.9 Å². The molecule has 0 aromatic heterocycles. The van der Waals surface area contributed by atoms with Crippen molar-refractivity contribution in [2.75, 3.05) is 33.4 Å². The number of carbonyl (C=O) groups is 1. The van der Waals surface area contributed by atoms with Crippen molar-refractivity contribution in [2.45, 2.75) is 45.6 Å². The molecule has 9 nitrogen and oxygen atoms in total. The highest BCUT2D eigenvalue weighted by atomic mass is 16.5. The molecule has 3 aliphatic rings. The first kappa shape index (κ1) is 30.0. The molecule has 45 heavy (non-hydrogen) atoms. The molecule has 9 heteroatoms. The number of hydrogen-bond donors (Lipinski definition) is 0. The van der Waals surface area contributed by atoms with Crippen molar-refractivity contribution in [3.8, 4) is 23.0 Å². The second-order valence-corrected chi connectivity index (χ2v) is 11.3. The summed E-state index contributed by atoms with van der Waals surface area (Å²) < 4.78 is 22.4. The fourth-order valence-corrected chi connectivity index (χ4v) is 6.22. The van der Waals surface area contributed by atoms with Crippen LogP contribution in [0.3, 0.4) is 0 Å². The van der Waals surface area contributed by atoms with Gasteiger partial charge < -0.3 is 18.9 Å². The molecule has 0 N–H and O–H groups in total. The van der Waals surface area contributed by atoms with Crippen LogP contribution in [0.15, 0.2) is 87.6 Å². The monoisotopic (exact) mass is 606 g/mol. The topological polar surface area (TPSA) is 85.2 Å². The summed E-state index contributed by atoms with van der Waals surface area (Å²) in [6.07, 6.45) is 5.85. The molecule has 0 saturated heterocycles. The van der Waals surface area contributed by atoms with Crippen LogP contribution in [0.1, 0.15) is 55.3 Å². The van der Waals surface area contributed by atoms with Crippen LogP contribution < -0.4 is 24.0 Å². The van der Waals surface area contributed by atoms with E-state index in [1.54, 1.807) is 40.4 Å². The molecule has 0 amide bonds. The number of guanidine groups is 1. The van der Waals surface area contributed by atoms with Crippen molar-refractivity contribution in [3.63, 3.8) is 0 Å². The van der Waals surface area contributed by atoms with Gasteiger partial charge in [-0.25, -0.2) is 4.99 Å². The van der Waals surface area contributed by atoms with Crippen LogP contribution in [0.2, 0.25) is 0 Å². The number of hydrazone groups is 1. The van der Waals surface area contributed by atoms with Gasteiger partial charge in [-0.05, 0) is 97.4 Å². The molecule has 2 heterocycles. The molecule has 3 aromatic rings. The Morgan fingerprint density at radius 3 is 2.13 bits per heavy atom. The number of allylic oxidation sites excluding steroid dienone is 1. The van der Waals surface area contributed by atoms with Gasteiger partial charge >= 0.3 is 0 Å². The minimum absolute atomic E-state index is 0.137. The van der Waals surface area contributed by atoms with E-state index in [2.05, 4.69) is 6.08 Å². The molecule has 3 aromatic carbocycles. The van der Waals surface area contributed by atoms with E-state index in [4.69, 9.17) is 29.0 Å². The van der Waals surface area contributed by atoms with E-state index in [9.17, 15) is 4.79 Å². The summed E-state index contributed by atoms with van der Waals surface area (Å²) in [5.74, 6) is 3.39. The van der Waals surface area contributed by atoms with Crippen LogP contribution >= 0.6 is 0 Å². The van der Waals surface area contributed by atoms with Crippen LogP contribution in [0.25, 0.3) is 6.08 Å². The first-order chi connectivity index (χ1) is 21.9. The minimum Gasteiger partial charge on any atom is -0.493 e. The maximum absolute atomic E-state index is 13.2. The van der Waals surface area contributed by atoms with Crippen LogP contribution in [0.4, 0.5) is 5.69 Å². The van der Waals surface area contributed by atoms with E-state index in [-0.39, 0.29) is 11.8 Å². The Morgan fingerprint density at radius 2 is 1.47 bits per heavy atom. The fraction of sp³-hybridized carbons (Fsp3) is 0.306. The van der Waals surface area contributed by atoms with E-state index in [0.717, 1.165) is 64.9 Å². The highest BCUT2D eigenvalue weighted by molar-refractivity contribution is 6.43. The Kier molecular flexibility index (Phi) is 8.34. The summed E-state index contributed by atoms with van der Waals surface area (Å²) in [5, 5.41) is 6.66. The number of hydrogen-bond acceptors (Lipinski definition) is 9. The molecule has 0 saturated carbocycles. The van der Waals surface area contributed by atoms with Gasteiger partial charge in [0.25, 0.3) is 0 Å². The zero-order valence-corrected chi connectivity index (χ0v) is 26.6. The van der Waals surface area contributed by atoms with Gasteiger partial charge in [-0.15, -0.1) is 5.10 Å². The summed E-state index contributed by atoms with van der Waals surface area (Å²) >= 11 is 0. The lowest BCUT2D eigenvalue weighted by Gasteiger charge is -2.37. The van der Waals surface area contributed by atoms with E-state index in [0.29, 0.717) is 34.8 Å². The minimum atomic E-state index is -0.336. The number of carbonyl (C=O) groups excluding carboxylic acids is 1. The van der Waals surface area contributed by atoms with Crippen molar-refractivity contribution in [2.24, 2.45) is 10.1 Å². The van der Waals surface area contributed by atoms with Gasteiger partial charge in [0.15, 0.2) is 34.6 Å². The zero-order chi connectivity index (χ0) is 31.7. The third-order valence-electron chi connectivity index (χ3n) is 8.44. The van der Waals surface area contributed by atoms with Gasteiger partial charge in [-0.2, -0.15) is 5.01 Å². The third-order valence-corrected chi connectivity index (χ3v) is 8.44. The molecular formula is C36H38N4O5. The smallest absolute Gasteiger partial charge is 0.234 e. The number of rotatable bonds is 8. The molecule has 1 atom stereocenters. The Hall–Kier alpha value is -5.05. The fourth-order valence-electron chi connectivity index (χ4n) is 6.22. The zero-order valence-electron chi connectivity index (χ0n) is 26.6. The average Bonchev–Trinajstić information content (AvgIpc) is 3.33. The lowest BCUT2D eigenvalue weighted by atomic mass is 9.89. The summed E-state index contributed by atoms with van der Waals surface area (Å²) in [4.78, 5) is 20.6. The molecule has 1 aliphatic carbocycles. The van der Waals surface area contributed by atoms with Crippen molar-refractivity contribution >= 4 is 29.3 Å². The quantitative estimate of drug-likeness (QED) is 0.271. The van der Waals surface area contributed by atoms with E-state index in [1.165, 1.54) is 0 Å². The third kappa shape index (κ3) is 5.54. The Bertz CT molecular complexity index is 1760. The van der Waals surface area contributed by atoms with Gasteiger partial charge in [-0.3, -0.25) is 9.69 Å². The SMILES string of the molecule is COc1ccc(/C=C2\CCCCC3=C2N=C2N(c4ccc(C)cc4)N=C(C(C)=O)N2C3c2ccc(OC)c(OC)c2)cc1OC. The summed E-state index contributed by atoms with van der Waals surface area (Å²) in [6, 6.07) is 19.6. The van der Waals surface area contributed by atoms with Crippen molar-refractivity contribution in [3.05, 3.63) is 94.2 Å². The lowest BCUT2D eigenvalue weighted by Crippen LogP contribution is -2.45. The normalized spacial score (nSPS) is 18.5. The highest BCUT2D eigenvalue weighted by Crippen LogP contribution is 2.47. The van der Waals surface area contributed by atoms with Crippen molar-refractivity contribution in [1.29, 1.82) is 0 Å². The Morgan fingerprint density at radius 1 is 0.822 bits per heavy atom. The van der Waals surface area contributed by atoms with Gasteiger partial charge in [-0.1, -0.05) is 29.8 Å². The second kappa shape index (κ2) is 12.5. The number of nitrogens with zero attached hydrogens (tertiary/aromatic N) is 4. The van der Waals surface area contributed by atoms with Crippen LogP contribution in [-0.2, 0) is 4.79 Å². The number of amidine groups is 1. The standard InChI is InChI=1S/C36H38N4O5/c1-22-11-15-27(16-12-22)40-36-37-33-25(19-24-13-17-29(42-3)31(20-24)44-5)9-7-8-10-28(33)34(39(36)35(38-40)23(2)41)26-14-18-30(43-4)32(21-26)45-6/h11-21,34H,7-10H2,1-6H3/b25-19+. The second-order valence-electron chi connectivity index (χ2n) is 11.3. The van der Waals surface area contributed by atoms with Crippen LogP contribution in [0.5, 0.6) is 23.0 Å². The number of methoxy groups -OCH3 is 4. The number of aliphatic imine (C=N–C) groups is 1. The van der Waals surface area contributed by atoms with E-state index in [1.807, 2.05) is 72.5 Å². The van der Waals surface area contributed by atoms with Gasteiger partial charge in [0.2, 0.25) is 5.96 Å². The Labute approximate surface area is 264 Å². The molecule has 0 bridgehead atoms. The van der Waals surface area contributed by atoms with Crippen molar-refractivity contribution in [1.82, 2.24) is 4.90 Å². The molecule has 0 fully saturated rings. The predicted octanol–water partition coefficient (Wildman–Crippen LogP) is 7.08. The first-order valence-corrected chi connectivity index (χ1v) is 15.1. The summed E-state index contributed by atoms with van der Waals surface area (Å²) in [5.41, 5.74) is 7.08. The number of ether oxygens (including phenoxy) is 4. The summed E-state index contributed by atoms with van der Waals surface area (Å²) in [7, 11) is 6.53. The number of aryl methyl sites for hydroxylation is 1. The van der Waals surface area contributed by atoms with Gasteiger partial charge in [0, 0.05) is 6.92 Å². The molecular weight excluding hydrogens is 568 g/mol. The number of ketones is 1. The van der Waals surface area contributed by atoms with Crippen molar-refractivity contribution < 1.29 is 23.7 Å². The maximum Gasteiger partial charge on any atom is 0.234 e. The molecule has 0 spiro atoms. The van der Waals surface area contributed by atoms with Gasteiger partial charge in [0.1, 0.15) is 0 Å². The number of fused-ring (bicyclic) bond motifs is 1. The predicted molar refractivity (Wildman–Crippen MR) is 176 cm³/mol. The molecule has 6 rings (SSSR count). The molecule has 2 aliphatic heterocycles. The summed E-state index contributed by atoms with van der Waals surface area (Å²) in [6.45, 7) is 3.60. The van der Waals surface area contributed by atoms with Gasteiger partial charge in [0.05, 0.1) is 45.9 Å². The van der Waals surface area contributed by atoms with Crippen LogP contribution in [0, 0.1) is 6.92 Å². The lowest BCUT2D eigenvalue weighted by molar-refractivity contribution is -0.111. The maximum atomic E-state index is 13.2. The number of anilines is 1. The number of Topliss-reactive ketones (excluding diaryl/α,β-unsaturated/α-hetero) is 1. The van der Waals surface area contributed by atoms with E-state index >= 15 is 0 Å². The average molecular weight is 607 g/mol. The largest absolute Gasteiger partial charge is 0.493 e. The molecule has 232 valence electrons. The molecule has 1 unspecified atom stereocenters. The van der Waals surface area contributed by atoms with E-state index < -0.39 is 0 Å². The highest BCUT2D eigenvalue weighted by Gasteiger charge is 2.45. The number of benzene rings is 3. The Balaban J connectivity index is 1.58.